The number of amides is 4. The van der Waals surface area contributed by atoms with Crippen LogP contribution in [0.15, 0.2) is 30.3 Å². The molecule has 0 saturated heterocycles. The summed E-state index contributed by atoms with van der Waals surface area (Å²) in [5, 5.41) is 8.77. The quantitative estimate of drug-likeness (QED) is 0.0953. The summed E-state index contributed by atoms with van der Waals surface area (Å²) in [6.45, 7) is 1.18. The molecule has 0 aliphatic carbocycles. The number of hydrogen-bond donors (Lipinski definition) is 4. The molecule has 4 atom stereocenters. The maximum atomic E-state index is 13.4. The zero-order valence-electron chi connectivity index (χ0n) is 27.6. The van der Waals surface area contributed by atoms with Crippen LogP contribution in [0.25, 0.3) is 0 Å². The molecule has 4 N–H and O–H groups in total. The van der Waals surface area contributed by atoms with Gasteiger partial charge in [0.05, 0.1) is 60.7 Å². The summed E-state index contributed by atoms with van der Waals surface area (Å²) in [6.07, 6.45) is -4.13. The molecule has 1 rings (SSSR count). The number of methoxy groups -OCH3 is 4. The number of carbonyl (C=O) groups is 9. The minimum Gasteiger partial charge on any atom is -0.469 e. The van der Waals surface area contributed by atoms with Gasteiger partial charge in [-0.05, 0) is 12.5 Å². The Labute approximate surface area is 281 Å². The normalized spacial score (nSPS) is 12.7. The van der Waals surface area contributed by atoms with E-state index in [1.807, 2.05) is 0 Å². The molecule has 0 unspecified atom stereocenters. The molecule has 0 aliphatic rings. The van der Waals surface area contributed by atoms with Gasteiger partial charge in [-0.1, -0.05) is 30.3 Å². The summed E-state index contributed by atoms with van der Waals surface area (Å²) in [5.41, 5.74) is 0.617. The highest BCUT2D eigenvalue weighted by molar-refractivity contribution is 5.98. The van der Waals surface area contributed by atoms with Gasteiger partial charge in [0.1, 0.15) is 30.8 Å². The predicted octanol–water partition coefficient (Wildman–Crippen LogP) is -1.45. The fourth-order valence-corrected chi connectivity index (χ4v) is 3.79. The van der Waals surface area contributed by atoms with Crippen molar-refractivity contribution in [3.05, 3.63) is 35.9 Å². The first-order chi connectivity index (χ1) is 23.3. The largest absolute Gasteiger partial charge is 0.469 e. The molecule has 270 valence electrons. The summed E-state index contributed by atoms with van der Waals surface area (Å²) in [5.74, 6) is -8.38. The van der Waals surface area contributed by atoms with Crippen molar-refractivity contribution < 1.29 is 71.6 Å². The van der Waals surface area contributed by atoms with E-state index in [4.69, 9.17) is 9.47 Å². The highest BCUT2D eigenvalue weighted by Gasteiger charge is 2.35. The van der Waals surface area contributed by atoms with Crippen LogP contribution in [0.1, 0.15) is 38.2 Å². The lowest BCUT2D eigenvalue weighted by atomic mass is 10.1. The monoisotopic (exact) mass is 696 g/mol. The van der Waals surface area contributed by atoms with Crippen LogP contribution in [0.2, 0.25) is 0 Å². The molecule has 19 heteroatoms. The Bertz CT molecular complexity index is 1340. The summed E-state index contributed by atoms with van der Waals surface area (Å²) in [6, 6.07) is 1.63. The summed E-state index contributed by atoms with van der Waals surface area (Å²) < 4.78 is 28.2. The standard InChI is InChI=1S/C30H40N4O15/c1-6-48-29(42)21(15-25(38)47-5)33-27(40)19(13-23(36)45-3)31-26(39)18(12-22(35)44-2)32-28(41)20(14-24(37)46-4)34-30(43)49-16-17-10-8-7-9-11-17/h7-11,18-21H,6,12-16H2,1-5H3,(H,31,39)(H,32,41)(H,33,40)(H,34,43)/t18-,19+,20-,21+/m1/s1. The van der Waals surface area contributed by atoms with Gasteiger partial charge in [0.2, 0.25) is 17.7 Å². The van der Waals surface area contributed by atoms with Crippen LogP contribution in [0, 0.1) is 0 Å². The van der Waals surface area contributed by atoms with Crippen LogP contribution in [-0.4, -0.2) is 113 Å². The highest BCUT2D eigenvalue weighted by Crippen LogP contribution is 2.07. The van der Waals surface area contributed by atoms with Crippen LogP contribution in [0.3, 0.4) is 0 Å². The third-order valence-electron chi connectivity index (χ3n) is 6.37. The van der Waals surface area contributed by atoms with Gasteiger partial charge in [-0.3, -0.25) is 33.6 Å². The fourth-order valence-electron chi connectivity index (χ4n) is 3.79. The molecule has 1 aromatic carbocycles. The van der Waals surface area contributed by atoms with E-state index >= 15 is 0 Å². The average Bonchev–Trinajstić information content (AvgIpc) is 3.09. The average molecular weight is 697 g/mol. The van der Waals surface area contributed by atoms with Crippen molar-refractivity contribution in [2.24, 2.45) is 0 Å². The van der Waals surface area contributed by atoms with Gasteiger partial charge in [0, 0.05) is 0 Å². The number of nitrogens with one attached hydrogen (secondary N) is 4. The molecule has 0 saturated carbocycles. The molecule has 0 aliphatic heterocycles. The fraction of sp³-hybridized carbons (Fsp3) is 0.500. The zero-order valence-corrected chi connectivity index (χ0v) is 27.6. The molecule has 0 bridgehead atoms. The van der Waals surface area contributed by atoms with Crippen LogP contribution < -0.4 is 21.3 Å². The maximum Gasteiger partial charge on any atom is 0.408 e. The first kappa shape index (κ1) is 41.3. The van der Waals surface area contributed by atoms with E-state index in [2.05, 4.69) is 40.2 Å². The molecule has 19 nitrogen and oxygen atoms in total. The van der Waals surface area contributed by atoms with Crippen molar-refractivity contribution in [3.63, 3.8) is 0 Å². The molecule has 1 aromatic rings. The first-order valence-corrected chi connectivity index (χ1v) is 14.6. The minimum absolute atomic E-state index is 0.111. The lowest BCUT2D eigenvalue weighted by Crippen LogP contribution is -2.59. The molecule has 0 aromatic heterocycles. The maximum absolute atomic E-state index is 13.4. The Morgan fingerprint density at radius 3 is 1.29 bits per heavy atom. The van der Waals surface area contributed by atoms with E-state index in [0.29, 0.717) is 5.56 Å². The Morgan fingerprint density at radius 2 is 0.898 bits per heavy atom. The van der Waals surface area contributed by atoms with Gasteiger partial charge in [-0.15, -0.1) is 0 Å². The van der Waals surface area contributed by atoms with Crippen molar-refractivity contribution >= 4 is 53.7 Å². The number of ether oxygens (including phenoxy) is 6. The third-order valence-corrected chi connectivity index (χ3v) is 6.37. The predicted molar refractivity (Wildman–Crippen MR) is 163 cm³/mol. The highest BCUT2D eigenvalue weighted by atomic mass is 16.6. The van der Waals surface area contributed by atoms with Crippen LogP contribution in [0.5, 0.6) is 0 Å². The van der Waals surface area contributed by atoms with E-state index in [1.54, 1.807) is 30.3 Å². The Morgan fingerprint density at radius 1 is 0.531 bits per heavy atom. The Hall–Kier alpha value is -5.75. The molecule has 0 radical (unpaired) electrons. The van der Waals surface area contributed by atoms with E-state index < -0.39 is 104 Å². The van der Waals surface area contributed by atoms with Crippen molar-refractivity contribution in [1.29, 1.82) is 0 Å². The van der Waals surface area contributed by atoms with Gasteiger partial charge in [0.15, 0.2) is 0 Å². The minimum atomic E-state index is -1.81. The van der Waals surface area contributed by atoms with Gasteiger partial charge >= 0.3 is 35.9 Å². The van der Waals surface area contributed by atoms with E-state index in [1.165, 1.54) is 6.92 Å². The number of rotatable bonds is 19. The Balaban J connectivity index is 3.25. The van der Waals surface area contributed by atoms with Crippen LogP contribution >= 0.6 is 0 Å². The molecule has 0 fully saturated rings. The molecule has 4 amide bonds. The number of alkyl carbamates (subject to hydrolysis) is 1. The first-order valence-electron chi connectivity index (χ1n) is 14.6. The van der Waals surface area contributed by atoms with Gasteiger partial charge in [-0.25, -0.2) is 9.59 Å². The Kier molecular flexibility index (Phi) is 18.5. The summed E-state index contributed by atoms with van der Waals surface area (Å²) in [4.78, 5) is 113. The molecule has 0 heterocycles. The van der Waals surface area contributed by atoms with Crippen molar-refractivity contribution in [1.82, 2.24) is 21.3 Å². The number of carbonyl (C=O) groups excluding carboxylic acids is 9. The van der Waals surface area contributed by atoms with E-state index in [-0.39, 0.29) is 13.2 Å². The zero-order chi connectivity index (χ0) is 36.9. The number of hydrogen-bond acceptors (Lipinski definition) is 15. The van der Waals surface area contributed by atoms with Crippen molar-refractivity contribution in [2.45, 2.75) is 63.4 Å². The van der Waals surface area contributed by atoms with Gasteiger partial charge in [-0.2, -0.15) is 0 Å². The SMILES string of the molecule is CCOC(=O)[C@H](CC(=O)OC)NC(=O)[C@H](CC(=O)OC)NC(=O)[C@@H](CC(=O)OC)NC(=O)[C@@H](CC(=O)OC)NC(=O)OCc1ccccc1. The van der Waals surface area contributed by atoms with Crippen LogP contribution in [0.4, 0.5) is 4.79 Å². The summed E-state index contributed by atoms with van der Waals surface area (Å²) >= 11 is 0. The molecular formula is C30H40N4O15. The van der Waals surface area contributed by atoms with Gasteiger partial charge < -0.3 is 49.7 Å². The second-order valence-corrected chi connectivity index (χ2v) is 9.82. The van der Waals surface area contributed by atoms with Crippen molar-refractivity contribution in [3.8, 4) is 0 Å². The number of esters is 5. The van der Waals surface area contributed by atoms with Gasteiger partial charge in [0.25, 0.3) is 0 Å². The lowest BCUT2D eigenvalue weighted by Gasteiger charge is -2.25. The van der Waals surface area contributed by atoms with E-state index in [0.717, 1.165) is 28.4 Å². The molecule has 49 heavy (non-hydrogen) atoms. The third kappa shape index (κ3) is 15.6. The summed E-state index contributed by atoms with van der Waals surface area (Å²) in [7, 11) is 4.06. The molecule has 0 spiro atoms. The topological polar surface area (TPSA) is 257 Å². The van der Waals surface area contributed by atoms with E-state index in [9.17, 15) is 43.2 Å². The second-order valence-electron chi connectivity index (χ2n) is 9.82. The van der Waals surface area contributed by atoms with Crippen LogP contribution in [-0.2, 0) is 73.4 Å². The van der Waals surface area contributed by atoms with Crippen molar-refractivity contribution in [2.75, 3.05) is 35.0 Å². The number of benzene rings is 1. The lowest BCUT2D eigenvalue weighted by molar-refractivity contribution is -0.153. The smallest absolute Gasteiger partial charge is 0.408 e. The molecular weight excluding hydrogens is 656 g/mol. The second kappa shape index (κ2) is 21.9.